The van der Waals surface area contributed by atoms with Gasteiger partial charge in [-0.3, -0.25) is 0 Å². The number of nitrogens with zero attached hydrogens (tertiary/aromatic N) is 1. The third-order valence-electron chi connectivity index (χ3n) is 2.16. The molecule has 0 heterocycles. The molecule has 0 unspecified atom stereocenters. The summed E-state index contributed by atoms with van der Waals surface area (Å²) in [6, 6.07) is 2.26. The summed E-state index contributed by atoms with van der Waals surface area (Å²) in [6.45, 7) is 5.16. The standard InChI is InChI=1S/C9H18N2O2.C2H6/c1-11-9(8-10,4-6-12-2)5-7-13-3;1-2/h11H,4-7H2,1-3H3;1-2H3. The Bertz CT molecular complexity index is 158. The van der Waals surface area contributed by atoms with Crippen molar-refractivity contribution in [3.05, 3.63) is 0 Å². The van der Waals surface area contributed by atoms with E-state index in [2.05, 4.69) is 11.4 Å². The molecule has 0 radical (unpaired) electrons. The first-order valence-corrected chi connectivity index (χ1v) is 5.32. The number of nitriles is 1. The molecule has 4 heteroatoms. The van der Waals surface area contributed by atoms with E-state index in [4.69, 9.17) is 14.7 Å². The van der Waals surface area contributed by atoms with Crippen LogP contribution in [0.3, 0.4) is 0 Å². The molecule has 15 heavy (non-hydrogen) atoms. The number of rotatable bonds is 7. The van der Waals surface area contributed by atoms with Crippen molar-refractivity contribution in [2.75, 3.05) is 34.5 Å². The first-order chi connectivity index (χ1) is 7.24. The monoisotopic (exact) mass is 216 g/mol. The van der Waals surface area contributed by atoms with Crippen LogP contribution in [0.15, 0.2) is 0 Å². The summed E-state index contributed by atoms with van der Waals surface area (Å²) in [5.41, 5.74) is -0.508. The first kappa shape index (κ1) is 16.8. The fraction of sp³-hybridized carbons (Fsp3) is 0.909. The maximum absolute atomic E-state index is 9.01. The van der Waals surface area contributed by atoms with E-state index < -0.39 is 5.54 Å². The number of hydrogen-bond donors (Lipinski definition) is 1. The summed E-state index contributed by atoms with van der Waals surface area (Å²) in [5, 5.41) is 12.0. The van der Waals surface area contributed by atoms with Crippen LogP contribution in [-0.2, 0) is 9.47 Å². The van der Waals surface area contributed by atoms with Gasteiger partial charge in [0.2, 0.25) is 0 Å². The van der Waals surface area contributed by atoms with E-state index in [-0.39, 0.29) is 0 Å². The van der Waals surface area contributed by atoms with Gasteiger partial charge in [0.05, 0.1) is 6.07 Å². The van der Waals surface area contributed by atoms with Gasteiger partial charge in [-0.25, -0.2) is 0 Å². The Kier molecular flexibility index (Phi) is 12.8. The SMILES string of the molecule is CC.CNC(C#N)(CCOC)CCOC. The van der Waals surface area contributed by atoms with E-state index in [0.717, 1.165) is 0 Å². The highest BCUT2D eigenvalue weighted by molar-refractivity contribution is 5.06. The van der Waals surface area contributed by atoms with Gasteiger partial charge in [0.15, 0.2) is 0 Å². The molecule has 0 spiro atoms. The van der Waals surface area contributed by atoms with Gasteiger partial charge in [-0.1, -0.05) is 13.8 Å². The summed E-state index contributed by atoms with van der Waals surface area (Å²) >= 11 is 0. The van der Waals surface area contributed by atoms with Gasteiger partial charge in [-0.15, -0.1) is 0 Å². The number of methoxy groups -OCH3 is 2. The van der Waals surface area contributed by atoms with Gasteiger partial charge < -0.3 is 14.8 Å². The maximum Gasteiger partial charge on any atom is 0.110 e. The zero-order valence-electron chi connectivity index (χ0n) is 10.6. The van der Waals surface area contributed by atoms with Gasteiger partial charge in [0.1, 0.15) is 5.54 Å². The normalized spacial score (nSPS) is 10.1. The summed E-state index contributed by atoms with van der Waals surface area (Å²) in [5.74, 6) is 0. The molecule has 0 aliphatic rings. The Labute approximate surface area is 93.6 Å². The van der Waals surface area contributed by atoms with Crippen molar-refractivity contribution in [2.24, 2.45) is 0 Å². The highest BCUT2D eigenvalue weighted by Gasteiger charge is 2.26. The Hall–Kier alpha value is -0.630. The summed E-state index contributed by atoms with van der Waals surface area (Å²) in [7, 11) is 5.05. The quantitative estimate of drug-likeness (QED) is 0.702. The molecule has 90 valence electrons. The van der Waals surface area contributed by atoms with Crippen LogP contribution in [0.4, 0.5) is 0 Å². The molecule has 0 aromatic heterocycles. The van der Waals surface area contributed by atoms with Crippen molar-refractivity contribution in [1.82, 2.24) is 5.32 Å². The first-order valence-electron chi connectivity index (χ1n) is 5.32. The zero-order valence-corrected chi connectivity index (χ0v) is 10.6. The number of ether oxygens (including phenoxy) is 2. The van der Waals surface area contributed by atoms with Crippen LogP contribution >= 0.6 is 0 Å². The Morgan fingerprint density at radius 1 is 1.13 bits per heavy atom. The highest BCUT2D eigenvalue weighted by Crippen LogP contribution is 2.13. The average Bonchev–Trinajstić information content (AvgIpc) is 2.33. The molecule has 0 fully saturated rings. The maximum atomic E-state index is 9.01. The summed E-state index contributed by atoms with van der Waals surface area (Å²) in [4.78, 5) is 0. The summed E-state index contributed by atoms with van der Waals surface area (Å²) < 4.78 is 9.90. The predicted octanol–water partition coefficient (Wildman–Crippen LogP) is 1.57. The summed E-state index contributed by atoms with van der Waals surface area (Å²) in [6.07, 6.45) is 1.36. The predicted molar refractivity (Wildman–Crippen MR) is 61.7 cm³/mol. The molecule has 0 bridgehead atoms. The molecule has 0 aliphatic heterocycles. The molecule has 0 saturated carbocycles. The average molecular weight is 216 g/mol. The van der Waals surface area contributed by atoms with Crippen molar-refractivity contribution in [2.45, 2.75) is 32.2 Å². The minimum Gasteiger partial charge on any atom is -0.385 e. The van der Waals surface area contributed by atoms with Crippen LogP contribution in [-0.4, -0.2) is 40.0 Å². The van der Waals surface area contributed by atoms with E-state index >= 15 is 0 Å². The van der Waals surface area contributed by atoms with E-state index in [1.54, 1.807) is 21.3 Å². The van der Waals surface area contributed by atoms with E-state index in [1.165, 1.54) is 0 Å². The van der Waals surface area contributed by atoms with E-state index in [0.29, 0.717) is 26.1 Å². The van der Waals surface area contributed by atoms with Crippen LogP contribution in [0.25, 0.3) is 0 Å². The third-order valence-corrected chi connectivity index (χ3v) is 2.16. The lowest BCUT2D eigenvalue weighted by Crippen LogP contribution is -2.43. The Morgan fingerprint density at radius 2 is 1.53 bits per heavy atom. The molecular weight excluding hydrogens is 192 g/mol. The van der Waals surface area contributed by atoms with Crippen molar-refractivity contribution in [3.63, 3.8) is 0 Å². The number of nitrogens with one attached hydrogen (secondary N) is 1. The second-order valence-electron chi connectivity index (χ2n) is 2.93. The molecule has 0 saturated heterocycles. The van der Waals surface area contributed by atoms with Gasteiger partial charge >= 0.3 is 0 Å². The minimum absolute atomic E-state index is 0.508. The lowest BCUT2D eigenvalue weighted by Gasteiger charge is -2.25. The Balaban J connectivity index is 0. The molecule has 0 amide bonds. The fourth-order valence-corrected chi connectivity index (χ4v) is 1.10. The lowest BCUT2D eigenvalue weighted by atomic mass is 9.94. The van der Waals surface area contributed by atoms with Crippen LogP contribution in [0.5, 0.6) is 0 Å². The molecule has 0 aromatic carbocycles. The van der Waals surface area contributed by atoms with E-state index in [9.17, 15) is 0 Å². The molecule has 0 rings (SSSR count). The highest BCUT2D eigenvalue weighted by atomic mass is 16.5. The molecule has 0 atom stereocenters. The molecular formula is C11H24N2O2. The van der Waals surface area contributed by atoms with Crippen molar-refractivity contribution < 1.29 is 9.47 Å². The minimum atomic E-state index is -0.508. The largest absolute Gasteiger partial charge is 0.385 e. The van der Waals surface area contributed by atoms with Gasteiger partial charge in [-0.2, -0.15) is 5.26 Å². The smallest absolute Gasteiger partial charge is 0.110 e. The number of hydrogen-bond acceptors (Lipinski definition) is 4. The molecule has 0 aliphatic carbocycles. The van der Waals surface area contributed by atoms with Gasteiger partial charge in [0, 0.05) is 40.3 Å². The van der Waals surface area contributed by atoms with Crippen LogP contribution in [0.1, 0.15) is 26.7 Å². The van der Waals surface area contributed by atoms with Crippen LogP contribution in [0.2, 0.25) is 0 Å². The van der Waals surface area contributed by atoms with Crippen LogP contribution < -0.4 is 5.32 Å². The van der Waals surface area contributed by atoms with Gasteiger partial charge in [0.25, 0.3) is 0 Å². The zero-order chi connectivity index (χ0) is 12.2. The molecule has 1 N–H and O–H groups in total. The molecule has 4 nitrogen and oxygen atoms in total. The second-order valence-corrected chi connectivity index (χ2v) is 2.93. The molecule has 0 aromatic rings. The van der Waals surface area contributed by atoms with E-state index in [1.807, 2.05) is 13.8 Å². The second kappa shape index (κ2) is 11.4. The van der Waals surface area contributed by atoms with Crippen molar-refractivity contribution in [3.8, 4) is 6.07 Å². The van der Waals surface area contributed by atoms with Gasteiger partial charge in [-0.05, 0) is 7.05 Å². The van der Waals surface area contributed by atoms with Crippen molar-refractivity contribution in [1.29, 1.82) is 5.26 Å². The topological polar surface area (TPSA) is 54.3 Å². The fourth-order valence-electron chi connectivity index (χ4n) is 1.10. The van der Waals surface area contributed by atoms with Crippen molar-refractivity contribution >= 4 is 0 Å². The third kappa shape index (κ3) is 7.32. The van der Waals surface area contributed by atoms with Crippen LogP contribution in [0, 0.1) is 11.3 Å². The Morgan fingerprint density at radius 3 is 1.73 bits per heavy atom. The lowest BCUT2D eigenvalue weighted by molar-refractivity contribution is 0.140.